The van der Waals surface area contributed by atoms with Gasteiger partial charge in [-0.3, -0.25) is 0 Å². The summed E-state index contributed by atoms with van der Waals surface area (Å²) in [6.07, 6.45) is 8.53. The van der Waals surface area contributed by atoms with E-state index in [-0.39, 0.29) is 56.7 Å². The number of alkyl halides is 1. The molecule has 1 aliphatic rings. The topological polar surface area (TPSA) is 199 Å². The van der Waals surface area contributed by atoms with Crippen molar-refractivity contribution >= 4 is 37.4 Å². The van der Waals surface area contributed by atoms with E-state index in [2.05, 4.69) is 85.2 Å². The molecule has 10 nitrogen and oxygen atoms in total. The number of allylic oxidation sites excluding steroid dienone is 3. The molecule has 0 aliphatic carbocycles. The van der Waals surface area contributed by atoms with Crippen molar-refractivity contribution < 1.29 is 88.7 Å². The van der Waals surface area contributed by atoms with Crippen LogP contribution in [0.15, 0.2) is 24.8 Å². The number of hydrogen-bond donors (Lipinski definition) is 0. The Hall–Kier alpha value is -0.303. The van der Waals surface area contributed by atoms with Gasteiger partial charge in [0.05, 0.1) is 0 Å². The van der Waals surface area contributed by atoms with Gasteiger partial charge in [-0.25, -0.2) is 0 Å². The Morgan fingerprint density at radius 3 is 1.09 bits per heavy atom. The van der Waals surface area contributed by atoms with E-state index in [1.807, 2.05) is 6.08 Å². The van der Waals surface area contributed by atoms with Crippen molar-refractivity contribution in [2.24, 2.45) is 0 Å². The standard InChI is InChI=1S/C8H12Cl2P2.10CO.2W/c1-2-8-7-12(10)11(8)6-4-3-5-9;10*1-2;;/h2-4,8H,1,5-7H2;;;;;;;;;;;;/b4-3-;;;;;;;;;;;;. The molecular weight excluding hydrogens is 877 g/mol. The van der Waals surface area contributed by atoms with Gasteiger partial charge in [0.15, 0.2) is 0 Å². The fraction of sp³-hybridized carbons (Fsp3) is 0.222. The van der Waals surface area contributed by atoms with Gasteiger partial charge in [0.25, 0.3) is 0 Å². The predicted molar refractivity (Wildman–Crippen MR) is 103 cm³/mol. The van der Waals surface area contributed by atoms with Crippen molar-refractivity contribution in [1.29, 1.82) is 0 Å². The molecular formula is C18H12Cl2O10P2W2. The third-order valence-electron chi connectivity index (χ3n) is 1.82. The van der Waals surface area contributed by atoms with E-state index < -0.39 is 0 Å². The zero-order valence-corrected chi connectivity index (χ0v) is 25.9. The fourth-order valence-corrected chi connectivity index (χ4v) is 8.98. The fourth-order valence-electron chi connectivity index (χ4n) is 1.08. The summed E-state index contributed by atoms with van der Waals surface area (Å²) in [5.74, 6) is 0.613. The maximum absolute atomic E-state index is 7.50. The Bertz CT molecular complexity index is 470. The van der Waals surface area contributed by atoms with Crippen LogP contribution in [0.25, 0.3) is 0 Å². The first-order valence-corrected chi connectivity index (χ1v) is 11.1. The Balaban J connectivity index is -0.0000000189. The second-order valence-corrected chi connectivity index (χ2v) is 10.7. The Kier molecular flexibility index (Phi) is 342. The molecule has 3 unspecified atom stereocenters. The van der Waals surface area contributed by atoms with Crippen LogP contribution in [-0.4, -0.2) is 23.9 Å². The monoisotopic (exact) mass is 888 g/mol. The normalized spacial score (nSPS) is 12.9. The molecule has 180 valence electrons. The molecule has 3 atom stereocenters. The summed E-state index contributed by atoms with van der Waals surface area (Å²) < 4.78 is 75.0. The smallest absolute Gasteiger partial charge is 0 e. The molecule has 1 aliphatic heterocycles. The van der Waals surface area contributed by atoms with Crippen molar-refractivity contribution in [2.45, 2.75) is 5.66 Å². The van der Waals surface area contributed by atoms with Gasteiger partial charge in [-0.15, -0.1) is 18.2 Å². The van der Waals surface area contributed by atoms with Crippen LogP contribution in [0.5, 0.6) is 0 Å². The summed E-state index contributed by atoms with van der Waals surface area (Å²) in [7, 11) is 0.0326. The molecule has 1 saturated heterocycles. The van der Waals surface area contributed by atoms with E-state index in [0.29, 0.717) is 11.5 Å². The summed E-state index contributed by atoms with van der Waals surface area (Å²) in [5, 5.41) is 0. The molecule has 34 heavy (non-hydrogen) atoms. The second-order valence-electron chi connectivity index (χ2n) is 2.57. The molecule has 0 aromatic rings. The molecule has 0 aromatic carbocycles. The van der Waals surface area contributed by atoms with E-state index in [9.17, 15) is 0 Å². The van der Waals surface area contributed by atoms with Crippen LogP contribution in [0.2, 0.25) is 0 Å². The summed E-state index contributed by atoms with van der Waals surface area (Å²) in [6.45, 7) is 48.6. The van der Waals surface area contributed by atoms with Crippen LogP contribution in [-0.2, 0) is 88.7 Å². The van der Waals surface area contributed by atoms with Crippen LogP contribution in [0, 0.1) is 66.5 Å². The first-order chi connectivity index (χ1) is 15.8. The maximum Gasteiger partial charge on any atom is 0 e. The van der Waals surface area contributed by atoms with Crippen molar-refractivity contribution in [2.75, 3.05) is 18.2 Å². The van der Waals surface area contributed by atoms with Crippen LogP contribution >= 0.6 is 37.4 Å². The number of halogens is 2. The van der Waals surface area contributed by atoms with Gasteiger partial charge in [-0.1, -0.05) is 37.1 Å². The van der Waals surface area contributed by atoms with Gasteiger partial charge in [0, 0.05) is 60.6 Å². The SMILES string of the molecule is C=CC1CP(Cl)P1C/C=C\CCl.[C-]#[O+].[C-]#[O+].[C-]#[O+].[C-]#[O+].[C-]#[O+].[C-]#[O+].[C-]#[O+].[C-]#[O+].[C-]#[O+].[C-]#[O+].[W].[W]. The third-order valence-corrected chi connectivity index (χ3v) is 11.0. The van der Waals surface area contributed by atoms with Crippen LogP contribution in [0.3, 0.4) is 0 Å². The molecule has 0 saturated carbocycles. The predicted octanol–water partition coefficient (Wildman–Crippen LogP) is 4.00. The number of rotatable bonds is 4. The Morgan fingerprint density at radius 2 is 0.912 bits per heavy atom. The van der Waals surface area contributed by atoms with Gasteiger partial charge in [-0.05, 0) is 12.3 Å². The van der Waals surface area contributed by atoms with Crippen molar-refractivity contribution in [1.82, 2.24) is 0 Å². The van der Waals surface area contributed by atoms with E-state index in [1.54, 1.807) is 0 Å². The zero-order valence-electron chi connectivity index (χ0n) is 16.7. The average molecular weight is 889 g/mol. The summed E-state index contributed by atoms with van der Waals surface area (Å²) in [4.78, 5) is 0. The first kappa shape index (κ1) is 76.5. The molecule has 16 heteroatoms. The van der Waals surface area contributed by atoms with E-state index in [4.69, 9.17) is 69.4 Å². The summed E-state index contributed by atoms with van der Waals surface area (Å²) in [5.41, 5.74) is 0.712. The van der Waals surface area contributed by atoms with E-state index in [0.717, 1.165) is 6.16 Å². The minimum absolute atomic E-state index is 0. The molecule has 0 aromatic heterocycles. The first-order valence-electron chi connectivity index (χ1n) is 5.87. The molecule has 0 spiro atoms. The average Bonchev–Trinajstić information content (AvgIpc) is 2.96. The minimum atomic E-state index is -0.171. The maximum atomic E-state index is 7.50. The van der Waals surface area contributed by atoms with Gasteiger partial charge in [0.1, 0.15) is 0 Å². The van der Waals surface area contributed by atoms with Crippen molar-refractivity contribution in [3.8, 4) is 0 Å². The largest absolute Gasteiger partial charge is 0 e. The quantitative estimate of drug-likeness (QED) is 0.129. The van der Waals surface area contributed by atoms with Gasteiger partial charge in [-0.2, -0.15) is 0 Å². The van der Waals surface area contributed by atoms with Crippen LogP contribution in [0.1, 0.15) is 0 Å². The van der Waals surface area contributed by atoms with Gasteiger partial charge < -0.3 is 0 Å². The van der Waals surface area contributed by atoms with Gasteiger partial charge in [0.2, 0.25) is 0 Å². The Morgan fingerprint density at radius 1 is 0.647 bits per heavy atom. The van der Waals surface area contributed by atoms with E-state index in [1.165, 1.54) is 6.16 Å². The second kappa shape index (κ2) is 152. The number of hydrogen-bond acceptors (Lipinski definition) is 0. The minimum Gasteiger partial charge on any atom is 0 e. The molecule has 0 radical (unpaired) electrons. The van der Waals surface area contributed by atoms with Crippen LogP contribution in [0.4, 0.5) is 0 Å². The zero-order chi connectivity index (χ0) is 29.0. The van der Waals surface area contributed by atoms with Crippen molar-refractivity contribution in [3.63, 3.8) is 0 Å². The van der Waals surface area contributed by atoms with Gasteiger partial charge >= 0.3 is 113 Å². The van der Waals surface area contributed by atoms with Crippen molar-refractivity contribution in [3.05, 3.63) is 91.3 Å². The molecule has 0 amide bonds. The molecule has 1 fully saturated rings. The molecule has 0 N–H and O–H groups in total. The van der Waals surface area contributed by atoms with Crippen LogP contribution < -0.4 is 0 Å². The molecule has 1 rings (SSSR count). The molecule has 0 bridgehead atoms. The third kappa shape index (κ3) is 85.4. The van der Waals surface area contributed by atoms with E-state index >= 15 is 0 Å². The summed E-state index contributed by atoms with van der Waals surface area (Å²) in [6, 6.07) is 0. The molecule has 1 heterocycles. The Labute approximate surface area is 239 Å². The summed E-state index contributed by atoms with van der Waals surface area (Å²) >= 11 is 11.7.